The molecular weight excluding hydrogens is 337 g/mol. The molecule has 3 aromatic rings. The van der Waals surface area contributed by atoms with Gasteiger partial charge in [-0.2, -0.15) is 0 Å². The Morgan fingerprint density at radius 1 is 1.19 bits per heavy atom. The van der Waals surface area contributed by atoms with Gasteiger partial charge in [0.05, 0.1) is 5.69 Å². The third kappa shape index (κ3) is 2.99. The molecule has 0 spiro atoms. The van der Waals surface area contributed by atoms with Crippen LogP contribution in [0.5, 0.6) is 11.5 Å². The molecule has 0 aliphatic carbocycles. The fourth-order valence-corrected chi connectivity index (χ4v) is 2.70. The number of hydrogen-bond acceptors (Lipinski definition) is 5. The number of anilines is 1. The van der Waals surface area contributed by atoms with Crippen LogP contribution in [0.4, 0.5) is 10.2 Å². The lowest BCUT2D eigenvalue weighted by atomic mass is 10.2. The highest BCUT2D eigenvalue weighted by Crippen LogP contribution is 2.32. The normalized spacial score (nSPS) is 12.2. The van der Waals surface area contributed by atoms with Gasteiger partial charge < -0.3 is 14.8 Å². The first-order chi connectivity index (χ1) is 12.6. The van der Waals surface area contributed by atoms with Gasteiger partial charge in [-0.15, -0.1) is 0 Å². The summed E-state index contributed by atoms with van der Waals surface area (Å²) in [6, 6.07) is 10.2. The number of nitrogens with zero attached hydrogens (tertiary/aromatic N) is 2. The summed E-state index contributed by atoms with van der Waals surface area (Å²) in [4.78, 5) is 16.7. The van der Waals surface area contributed by atoms with Crippen molar-refractivity contribution in [2.45, 2.75) is 13.5 Å². The van der Waals surface area contributed by atoms with Crippen LogP contribution in [0, 0.1) is 12.7 Å². The molecule has 2 aromatic carbocycles. The maximum absolute atomic E-state index is 13.8. The zero-order chi connectivity index (χ0) is 18.1. The van der Waals surface area contributed by atoms with E-state index in [1.54, 1.807) is 19.1 Å². The van der Waals surface area contributed by atoms with Crippen molar-refractivity contribution in [1.82, 2.24) is 9.55 Å². The molecular formula is C19H16FN3O3. The van der Waals surface area contributed by atoms with E-state index in [1.807, 2.05) is 18.2 Å². The second-order valence-corrected chi connectivity index (χ2v) is 5.93. The van der Waals surface area contributed by atoms with Gasteiger partial charge in [0, 0.05) is 18.9 Å². The fourth-order valence-electron chi connectivity index (χ4n) is 2.70. The summed E-state index contributed by atoms with van der Waals surface area (Å²) in [5, 5.41) is 3.02. The van der Waals surface area contributed by atoms with Crippen LogP contribution in [-0.2, 0) is 6.54 Å². The Morgan fingerprint density at radius 3 is 2.88 bits per heavy atom. The fraction of sp³-hybridized carbons (Fsp3) is 0.158. The number of benzene rings is 2. The quantitative estimate of drug-likeness (QED) is 0.781. The van der Waals surface area contributed by atoms with Gasteiger partial charge in [-0.3, -0.25) is 9.36 Å². The van der Waals surface area contributed by atoms with Gasteiger partial charge in [-0.25, -0.2) is 9.37 Å². The summed E-state index contributed by atoms with van der Waals surface area (Å²) in [6.07, 6.45) is 3.01. The molecule has 1 N–H and O–H groups in total. The van der Waals surface area contributed by atoms with E-state index in [2.05, 4.69) is 10.3 Å². The van der Waals surface area contributed by atoms with Crippen molar-refractivity contribution >= 4 is 5.82 Å². The number of hydrogen-bond donors (Lipinski definition) is 1. The topological polar surface area (TPSA) is 65.4 Å². The molecule has 0 atom stereocenters. The van der Waals surface area contributed by atoms with Crippen LogP contribution >= 0.6 is 0 Å². The molecule has 7 heteroatoms. The van der Waals surface area contributed by atoms with Crippen LogP contribution in [0.25, 0.3) is 5.69 Å². The predicted molar refractivity (Wildman–Crippen MR) is 94.4 cm³/mol. The number of aromatic nitrogens is 2. The summed E-state index contributed by atoms with van der Waals surface area (Å²) in [7, 11) is 0. The van der Waals surface area contributed by atoms with Gasteiger partial charge in [0.25, 0.3) is 5.56 Å². The molecule has 0 amide bonds. The van der Waals surface area contributed by atoms with Crippen LogP contribution in [0.3, 0.4) is 0 Å². The molecule has 0 bridgehead atoms. The second-order valence-electron chi connectivity index (χ2n) is 5.93. The maximum Gasteiger partial charge on any atom is 0.297 e. The number of halogens is 1. The summed E-state index contributed by atoms with van der Waals surface area (Å²) in [5.74, 6) is 1.21. The molecule has 0 radical (unpaired) electrons. The lowest BCUT2D eigenvalue weighted by molar-refractivity contribution is 0.174. The first kappa shape index (κ1) is 16.1. The zero-order valence-electron chi connectivity index (χ0n) is 14.0. The van der Waals surface area contributed by atoms with E-state index in [1.165, 1.54) is 23.0 Å². The molecule has 1 aliphatic heterocycles. The molecule has 6 nitrogen and oxygen atoms in total. The van der Waals surface area contributed by atoms with Gasteiger partial charge >= 0.3 is 0 Å². The Kier molecular flexibility index (Phi) is 4.04. The Bertz CT molecular complexity index is 1030. The lowest BCUT2D eigenvalue weighted by Gasteiger charge is -2.10. The predicted octanol–water partition coefficient (Wildman–Crippen LogP) is 3.02. The highest BCUT2D eigenvalue weighted by Gasteiger charge is 2.13. The number of nitrogens with one attached hydrogen (secondary N) is 1. The Labute approximate surface area is 148 Å². The van der Waals surface area contributed by atoms with Crippen LogP contribution < -0.4 is 20.3 Å². The Hall–Kier alpha value is -3.35. The number of aryl methyl sites for hydroxylation is 1. The molecule has 0 saturated carbocycles. The minimum absolute atomic E-state index is 0.186. The first-order valence-corrected chi connectivity index (χ1v) is 8.08. The minimum Gasteiger partial charge on any atom is -0.454 e. The molecule has 4 rings (SSSR count). The van der Waals surface area contributed by atoms with Gasteiger partial charge in [-0.05, 0) is 42.3 Å². The second kappa shape index (κ2) is 6.51. The van der Waals surface area contributed by atoms with Gasteiger partial charge in [0.1, 0.15) is 5.82 Å². The highest BCUT2D eigenvalue weighted by molar-refractivity contribution is 5.46. The Morgan fingerprint density at radius 2 is 2.04 bits per heavy atom. The third-order valence-electron chi connectivity index (χ3n) is 4.17. The molecule has 0 unspecified atom stereocenters. The molecule has 132 valence electrons. The van der Waals surface area contributed by atoms with E-state index in [0.29, 0.717) is 29.3 Å². The average Bonchev–Trinajstić information content (AvgIpc) is 3.11. The van der Waals surface area contributed by atoms with E-state index in [-0.39, 0.29) is 24.0 Å². The molecule has 0 fully saturated rings. The SMILES string of the molecule is Cc1ccc(-n2ccnc(NCc3ccc4c(c3)OCO4)c2=O)cc1F. The van der Waals surface area contributed by atoms with Gasteiger partial charge in [0.15, 0.2) is 17.3 Å². The minimum atomic E-state index is -0.360. The lowest BCUT2D eigenvalue weighted by Crippen LogP contribution is -2.23. The maximum atomic E-state index is 13.8. The number of fused-ring (bicyclic) bond motifs is 1. The first-order valence-electron chi connectivity index (χ1n) is 8.08. The van der Waals surface area contributed by atoms with E-state index in [0.717, 1.165) is 5.56 Å². The van der Waals surface area contributed by atoms with E-state index in [9.17, 15) is 9.18 Å². The monoisotopic (exact) mass is 353 g/mol. The number of ether oxygens (including phenoxy) is 2. The number of rotatable bonds is 4. The third-order valence-corrected chi connectivity index (χ3v) is 4.17. The van der Waals surface area contributed by atoms with Crippen LogP contribution in [-0.4, -0.2) is 16.3 Å². The van der Waals surface area contributed by atoms with Crippen LogP contribution in [0.15, 0.2) is 53.6 Å². The molecule has 1 aromatic heterocycles. The highest BCUT2D eigenvalue weighted by atomic mass is 19.1. The summed E-state index contributed by atoms with van der Waals surface area (Å²) >= 11 is 0. The average molecular weight is 353 g/mol. The summed E-state index contributed by atoms with van der Waals surface area (Å²) in [6.45, 7) is 2.28. The van der Waals surface area contributed by atoms with Crippen molar-refractivity contribution in [3.63, 3.8) is 0 Å². The standard InChI is InChI=1S/C19H16FN3O3/c1-12-2-4-14(9-15(12)20)23-7-6-21-18(19(23)24)22-10-13-3-5-16-17(8-13)26-11-25-16/h2-9H,10-11H2,1H3,(H,21,22). The zero-order valence-corrected chi connectivity index (χ0v) is 14.0. The van der Waals surface area contributed by atoms with Gasteiger partial charge in [0.2, 0.25) is 6.79 Å². The molecule has 0 saturated heterocycles. The van der Waals surface area contributed by atoms with Gasteiger partial charge in [-0.1, -0.05) is 12.1 Å². The van der Waals surface area contributed by atoms with Crippen molar-refractivity contribution in [1.29, 1.82) is 0 Å². The largest absolute Gasteiger partial charge is 0.454 e. The van der Waals surface area contributed by atoms with E-state index >= 15 is 0 Å². The smallest absolute Gasteiger partial charge is 0.297 e. The summed E-state index contributed by atoms with van der Waals surface area (Å²) < 4.78 is 25.8. The van der Waals surface area contributed by atoms with Crippen molar-refractivity contribution in [3.8, 4) is 17.2 Å². The van der Waals surface area contributed by atoms with Crippen molar-refractivity contribution < 1.29 is 13.9 Å². The van der Waals surface area contributed by atoms with E-state index in [4.69, 9.17) is 9.47 Å². The van der Waals surface area contributed by atoms with Crippen LogP contribution in [0.2, 0.25) is 0 Å². The summed E-state index contributed by atoms with van der Waals surface area (Å²) in [5.41, 5.74) is 1.55. The molecule has 26 heavy (non-hydrogen) atoms. The van der Waals surface area contributed by atoms with Crippen LogP contribution in [0.1, 0.15) is 11.1 Å². The van der Waals surface area contributed by atoms with Crippen molar-refractivity contribution in [2.24, 2.45) is 0 Å². The van der Waals surface area contributed by atoms with E-state index < -0.39 is 0 Å². The van der Waals surface area contributed by atoms with Crippen molar-refractivity contribution in [3.05, 3.63) is 76.1 Å². The van der Waals surface area contributed by atoms with Crippen molar-refractivity contribution in [2.75, 3.05) is 12.1 Å². The molecule has 1 aliphatic rings. The Balaban J connectivity index is 1.58. The molecule has 2 heterocycles.